The van der Waals surface area contributed by atoms with E-state index in [0.29, 0.717) is 36.7 Å². The molecule has 1 atom stereocenters. The molecule has 7 nitrogen and oxygen atoms in total. The number of rotatable bonds is 7. The zero-order valence-electron chi connectivity index (χ0n) is 16.0. The maximum absolute atomic E-state index is 12.4. The number of amides is 2. The summed E-state index contributed by atoms with van der Waals surface area (Å²) in [5, 5.41) is 12.1. The number of hydrogen-bond acceptors (Lipinski definition) is 5. The van der Waals surface area contributed by atoms with Crippen LogP contribution in [0.3, 0.4) is 0 Å². The molecule has 2 aromatic carbocycles. The number of ether oxygens (including phenoxy) is 2. The van der Waals surface area contributed by atoms with Crippen molar-refractivity contribution in [3.63, 3.8) is 0 Å². The van der Waals surface area contributed by atoms with Crippen molar-refractivity contribution in [2.24, 2.45) is 5.92 Å². The van der Waals surface area contributed by atoms with Crippen molar-refractivity contribution in [3.05, 3.63) is 48.0 Å². The third-order valence-electron chi connectivity index (χ3n) is 4.84. The van der Waals surface area contributed by atoms with E-state index in [4.69, 9.17) is 9.47 Å². The molecule has 0 unspecified atom stereocenters. The normalized spacial score (nSPS) is 16.1. The molecule has 0 radical (unpaired) electrons. The number of likely N-dealkylation sites (tertiary alicyclic amines) is 1. The summed E-state index contributed by atoms with van der Waals surface area (Å²) in [6.07, 6.45) is 0.869. The Kier molecular flexibility index (Phi) is 6.03. The molecule has 148 valence electrons. The summed E-state index contributed by atoms with van der Waals surface area (Å²) in [7, 11) is 3.17. The highest BCUT2D eigenvalue weighted by molar-refractivity contribution is 5.97. The quantitative estimate of drug-likeness (QED) is 0.716. The molecule has 2 N–H and O–H groups in total. The molecule has 0 bridgehead atoms. The van der Waals surface area contributed by atoms with E-state index < -0.39 is 0 Å². The largest absolute Gasteiger partial charge is 0.508 e. The van der Waals surface area contributed by atoms with E-state index in [1.807, 2.05) is 18.2 Å². The molecule has 3 rings (SSSR count). The molecule has 0 spiro atoms. The SMILES string of the molecule is COc1ccc(CCN2C[C@H](C(=O)Nc3ccc(O)cc3)CC2=O)cc1OC. The Morgan fingerprint density at radius 3 is 2.54 bits per heavy atom. The molecule has 7 heteroatoms. The van der Waals surface area contributed by atoms with Crippen molar-refractivity contribution in [2.45, 2.75) is 12.8 Å². The maximum atomic E-state index is 12.4. The highest BCUT2D eigenvalue weighted by Gasteiger charge is 2.34. The molecule has 28 heavy (non-hydrogen) atoms. The fourth-order valence-corrected chi connectivity index (χ4v) is 3.25. The van der Waals surface area contributed by atoms with Gasteiger partial charge in [-0.2, -0.15) is 0 Å². The topological polar surface area (TPSA) is 88.1 Å². The minimum Gasteiger partial charge on any atom is -0.508 e. The smallest absolute Gasteiger partial charge is 0.229 e. The fourth-order valence-electron chi connectivity index (χ4n) is 3.25. The lowest BCUT2D eigenvalue weighted by Crippen LogP contribution is -2.30. The van der Waals surface area contributed by atoms with Crippen LogP contribution >= 0.6 is 0 Å². The zero-order chi connectivity index (χ0) is 20.1. The van der Waals surface area contributed by atoms with Gasteiger partial charge in [-0.3, -0.25) is 9.59 Å². The fraction of sp³-hybridized carbons (Fsp3) is 0.333. The first kappa shape index (κ1) is 19.5. The van der Waals surface area contributed by atoms with Crippen LogP contribution in [0.5, 0.6) is 17.2 Å². The minimum absolute atomic E-state index is 0.0219. The predicted molar refractivity (Wildman–Crippen MR) is 105 cm³/mol. The van der Waals surface area contributed by atoms with Gasteiger partial charge in [0.1, 0.15) is 5.75 Å². The van der Waals surface area contributed by atoms with Gasteiger partial charge in [-0.15, -0.1) is 0 Å². The average molecular weight is 384 g/mol. The van der Waals surface area contributed by atoms with Gasteiger partial charge in [0.05, 0.1) is 20.1 Å². The van der Waals surface area contributed by atoms with Crippen LogP contribution in [0.25, 0.3) is 0 Å². The van der Waals surface area contributed by atoms with Gasteiger partial charge in [-0.1, -0.05) is 6.07 Å². The van der Waals surface area contributed by atoms with E-state index >= 15 is 0 Å². The highest BCUT2D eigenvalue weighted by Crippen LogP contribution is 2.28. The molecule has 2 amide bonds. The standard InChI is InChI=1S/C21H24N2O5/c1-27-18-8-3-14(11-19(18)28-2)9-10-23-13-15(12-20(23)25)21(26)22-16-4-6-17(24)7-5-16/h3-8,11,15,24H,9-10,12-13H2,1-2H3,(H,22,26)/t15-/m1/s1. The van der Waals surface area contributed by atoms with E-state index in [2.05, 4.69) is 5.32 Å². The first-order valence-corrected chi connectivity index (χ1v) is 9.08. The molecule has 0 saturated carbocycles. The van der Waals surface area contributed by atoms with Crippen molar-refractivity contribution in [2.75, 3.05) is 32.6 Å². The first-order valence-electron chi connectivity index (χ1n) is 9.08. The monoisotopic (exact) mass is 384 g/mol. The predicted octanol–water partition coefficient (Wildman–Crippen LogP) is 2.44. The van der Waals surface area contributed by atoms with Gasteiger partial charge in [-0.25, -0.2) is 0 Å². The number of phenols is 1. The van der Waals surface area contributed by atoms with Crippen molar-refractivity contribution in [1.29, 1.82) is 0 Å². The molecule has 1 saturated heterocycles. The Morgan fingerprint density at radius 2 is 1.86 bits per heavy atom. The van der Waals surface area contributed by atoms with Crippen LogP contribution in [-0.2, 0) is 16.0 Å². The van der Waals surface area contributed by atoms with Crippen LogP contribution < -0.4 is 14.8 Å². The Balaban J connectivity index is 1.55. The molecule has 1 heterocycles. The number of anilines is 1. The van der Waals surface area contributed by atoms with Gasteiger partial charge in [0.2, 0.25) is 11.8 Å². The van der Waals surface area contributed by atoms with Crippen LogP contribution in [-0.4, -0.2) is 49.1 Å². The van der Waals surface area contributed by atoms with Crippen LogP contribution in [0.1, 0.15) is 12.0 Å². The zero-order valence-corrected chi connectivity index (χ0v) is 16.0. The molecule has 0 aromatic heterocycles. The summed E-state index contributed by atoms with van der Waals surface area (Å²) in [6, 6.07) is 11.9. The van der Waals surface area contributed by atoms with Crippen molar-refractivity contribution < 1.29 is 24.2 Å². The summed E-state index contributed by atoms with van der Waals surface area (Å²) < 4.78 is 10.5. The summed E-state index contributed by atoms with van der Waals surface area (Å²) in [6.45, 7) is 0.938. The van der Waals surface area contributed by atoms with Gasteiger partial charge in [0, 0.05) is 25.2 Å². The van der Waals surface area contributed by atoms with Gasteiger partial charge in [-0.05, 0) is 48.4 Å². The summed E-state index contributed by atoms with van der Waals surface area (Å²) in [4.78, 5) is 26.5. The Hall–Kier alpha value is -3.22. The third-order valence-corrected chi connectivity index (χ3v) is 4.84. The molecule has 1 aliphatic heterocycles. The molecule has 1 fully saturated rings. The number of benzene rings is 2. The molecular weight excluding hydrogens is 360 g/mol. The second-order valence-corrected chi connectivity index (χ2v) is 6.72. The van der Waals surface area contributed by atoms with Gasteiger partial charge in [0.25, 0.3) is 0 Å². The molecule has 2 aromatic rings. The number of aromatic hydroxyl groups is 1. The van der Waals surface area contributed by atoms with E-state index in [0.717, 1.165) is 5.56 Å². The average Bonchev–Trinajstić information content (AvgIpc) is 3.08. The van der Waals surface area contributed by atoms with Crippen molar-refractivity contribution >= 4 is 17.5 Å². The van der Waals surface area contributed by atoms with Gasteiger partial charge >= 0.3 is 0 Å². The first-order chi connectivity index (χ1) is 13.5. The summed E-state index contributed by atoms with van der Waals surface area (Å²) in [5.41, 5.74) is 1.63. The third kappa shape index (κ3) is 4.54. The number of carbonyl (C=O) groups is 2. The van der Waals surface area contributed by atoms with Crippen LogP contribution in [0.15, 0.2) is 42.5 Å². The number of carbonyl (C=O) groups excluding carboxylic acids is 2. The number of phenolic OH excluding ortho intramolecular Hbond substituents is 1. The second-order valence-electron chi connectivity index (χ2n) is 6.72. The number of nitrogens with one attached hydrogen (secondary N) is 1. The molecule has 1 aliphatic rings. The molecule has 0 aliphatic carbocycles. The maximum Gasteiger partial charge on any atom is 0.229 e. The highest BCUT2D eigenvalue weighted by atomic mass is 16.5. The van der Waals surface area contributed by atoms with Crippen molar-refractivity contribution in [1.82, 2.24) is 4.90 Å². The second kappa shape index (κ2) is 8.65. The van der Waals surface area contributed by atoms with Crippen LogP contribution in [0.2, 0.25) is 0 Å². The van der Waals surface area contributed by atoms with E-state index in [1.165, 1.54) is 12.1 Å². The summed E-state index contributed by atoms with van der Waals surface area (Å²) in [5.74, 6) is 0.856. The number of hydrogen-bond donors (Lipinski definition) is 2. The minimum atomic E-state index is -0.383. The van der Waals surface area contributed by atoms with Crippen LogP contribution in [0, 0.1) is 5.92 Å². The van der Waals surface area contributed by atoms with E-state index in [1.54, 1.807) is 31.3 Å². The molecular formula is C21H24N2O5. The van der Waals surface area contributed by atoms with Gasteiger partial charge in [0.15, 0.2) is 11.5 Å². The lowest BCUT2D eigenvalue weighted by molar-refractivity contribution is -0.128. The Morgan fingerprint density at radius 1 is 1.14 bits per heavy atom. The van der Waals surface area contributed by atoms with Crippen molar-refractivity contribution in [3.8, 4) is 17.2 Å². The van der Waals surface area contributed by atoms with E-state index in [9.17, 15) is 14.7 Å². The van der Waals surface area contributed by atoms with E-state index in [-0.39, 0.29) is 29.9 Å². The Labute approximate surface area is 163 Å². The Bertz CT molecular complexity index is 850. The lowest BCUT2D eigenvalue weighted by Gasteiger charge is -2.17. The van der Waals surface area contributed by atoms with Crippen LogP contribution in [0.4, 0.5) is 5.69 Å². The lowest BCUT2D eigenvalue weighted by atomic mass is 10.1. The van der Waals surface area contributed by atoms with Gasteiger partial charge < -0.3 is 24.8 Å². The number of nitrogens with zero attached hydrogens (tertiary/aromatic N) is 1. The number of methoxy groups -OCH3 is 2. The summed E-state index contributed by atoms with van der Waals surface area (Å²) >= 11 is 0.